The third-order valence-corrected chi connectivity index (χ3v) is 5.17. The maximum Gasteiger partial charge on any atom is 0.326 e. The summed E-state index contributed by atoms with van der Waals surface area (Å²) in [4.78, 5) is 20.1. The number of carbonyl (C=O) groups is 1. The van der Waals surface area contributed by atoms with Gasteiger partial charge in [-0.25, -0.2) is 17.7 Å². The first-order valence-corrected chi connectivity index (χ1v) is 8.91. The predicted octanol–water partition coefficient (Wildman–Crippen LogP) is 1.50. The third kappa shape index (κ3) is 4.24. The van der Waals surface area contributed by atoms with Gasteiger partial charge in [-0.05, 0) is 26.0 Å². The zero-order valence-corrected chi connectivity index (χ0v) is 15.3. The predicted molar refractivity (Wildman–Crippen MR) is 94.0 cm³/mol. The summed E-state index contributed by atoms with van der Waals surface area (Å²) in [5, 5.41) is 2.84. The van der Waals surface area contributed by atoms with Gasteiger partial charge in [0.15, 0.2) is 0 Å². The second-order valence-corrected chi connectivity index (χ2v) is 7.21. The van der Waals surface area contributed by atoms with E-state index in [9.17, 15) is 13.2 Å². The van der Waals surface area contributed by atoms with Gasteiger partial charge in [-0.15, -0.1) is 0 Å². The standard InChI is InChI=1S/C16H20N4O4S/c1-11-5-7-13(8-6-11)25(22,23)20(10-15(21)24-4)16-18-12(2)9-14(17-3)19-16/h5-9H,10H2,1-4H3,(H,17,18,19). The molecule has 1 heterocycles. The molecule has 0 amide bonds. The molecule has 0 spiro atoms. The van der Waals surface area contributed by atoms with E-state index in [2.05, 4.69) is 20.0 Å². The highest BCUT2D eigenvalue weighted by Crippen LogP contribution is 2.22. The number of aromatic nitrogens is 2. The highest BCUT2D eigenvalue weighted by Gasteiger charge is 2.30. The Bertz CT molecular complexity index is 866. The first-order valence-electron chi connectivity index (χ1n) is 7.47. The van der Waals surface area contributed by atoms with Crippen LogP contribution in [0, 0.1) is 13.8 Å². The molecule has 0 bridgehead atoms. The molecule has 0 saturated heterocycles. The summed E-state index contributed by atoms with van der Waals surface area (Å²) < 4.78 is 31.5. The summed E-state index contributed by atoms with van der Waals surface area (Å²) in [7, 11) is -1.19. The van der Waals surface area contributed by atoms with Crippen molar-refractivity contribution < 1.29 is 17.9 Å². The van der Waals surface area contributed by atoms with Crippen molar-refractivity contribution in [1.29, 1.82) is 0 Å². The molecular formula is C16H20N4O4S. The first kappa shape index (κ1) is 18.7. The Hall–Kier alpha value is -2.68. The van der Waals surface area contributed by atoms with E-state index in [1.807, 2.05) is 6.92 Å². The Morgan fingerprint density at radius 2 is 1.84 bits per heavy atom. The van der Waals surface area contributed by atoms with Crippen molar-refractivity contribution in [2.45, 2.75) is 18.7 Å². The van der Waals surface area contributed by atoms with Crippen LogP contribution in [0.3, 0.4) is 0 Å². The molecule has 9 heteroatoms. The average Bonchev–Trinajstić information content (AvgIpc) is 2.58. The summed E-state index contributed by atoms with van der Waals surface area (Å²) in [6, 6.07) is 7.98. The number of anilines is 2. The number of nitrogens with zero attached hydrogens (tertiary/aromatic N) is 3. The number of hydrogen-bond acceptors (Lipinski definition) is 7. The van der Waals surface area contributed by atoms with Crippen LogP contribution >= 0.6 is 0 Å². The van der Waals surface area contributed by atoms with Gasteiger partial charge in [0.05, 0.1) is 12.0 Å². The average molecular weight is 364 g/mol. The van der Waals surface area contributed by atoms with Crippen LogP contribution in [0.15, 0.2) is 35.2 Å². The lowest BCUT2D eigenvalue weighted by Gasteiger charge is -2.22. The van der Waals surface area contributed by atoms with E-state index >= 15 is 0 Å². The molecule has 0 atom stereocenters. The SMILES string of the molecule is CNc1cc(C)nc(N(CC(=O)OC)S(=O)(=O)c2ccc(C)cc2)n1. The van der Waals surface area contributed by atoms with Crippen LogP contribution in [-0.4, -0.2) is 45.1 Å². The number of nitrogens with one attached hydrogen (secondary N) is 1. The molecule has 1 aromatic carbocycles. The van der Waals surface area contributed by atoms with Gasteiger partial charge >= 0.3 is 5.97 Å². The highest BCUT2D eigenvalue weighted by molar-refractivity contribution is 7.92. The molecule has 0 unspecified atom stereocenters. The number of benzene rings is 1. The second kappa shape index (κ2) is 7.47. The number of sulfonamides is 1. The molecule has 134 valence electrons. The van der Waals surface area contributed by atoms with Crippen molar-refractivity contribution in [3.05, 3.63) is 41.6 Å². The maximum atomic E-state index is 13.0. The van der Waals surface area contributed by atoms with Crippen molar-refractivity contribution >= 4 is 27.8 Å². The summed E-state index contributed by atoms with van der Waals surface area (Å²) in [6.07, 6.45) is 0. The lowest BCUT2D eigenvalue weighted by Crippen LogP contribution is -2.37. The van der Waals surface area contributed by atoms with Crippen LogP contribution in [0.1, 0.15) is 11.3 Å². The number of hydrogen-bond donors (Lipinski definition) is 1. The largest absolute Gasteiger partial charge is 0.468 e. The molecule has 0 fully saturated rings. The minimum atomic E-state index is -4.04. The van der Waals surface area contributed by atoms with Gasteiger partial charge < -0.3 is 10.1 Å². The number of esters is 1. The van der Waals surface area contributed by atoms with E-state index < -0.39 is 22.5 Å². The van der Waals surface area contributed by atoms with Gasteiger partial charge in [0, 0.05) is 18.8 Å². The topological polar surface area (TPSA) is 101 Å². The van der Waals surface area contributed by atoms with Gasteiger partial charge in [0.25, 0.3) is 10.0 Å². The molecule has 25 heavy (non-hydrogen) atoms. The molecule has 1 aromatic heterocycles. The van der Waals surface area contributed by atoms with Gasteiger partial charge in [-0.2, -0.15) is 4.98 Å². The summed E-state index contributed by atoms with van der Waals surface area (Å²) >= 11 is 0. The zero-order chi connectivity index (χ0) is 18.6. The van der Waals surface area contributed by atoms with Crippen LogP contribution in [-0.2, 0) is 19.6 Å². The van der Waals surface area contributed by atoms with Crippen molar-refractivity contribution in [3.8, 4) is 0 Å². The Balaban J connectivity index is 2.57. The second-order valence-electron chi connectivity index (χ2n) is 5.35. The highest BCUT2D eigenvalue weighted by atomic mass is 32.2. The van der Waals surface area contributed by atoms with Crippen LogP contribution in [0.2, 0.25) is 0 Å². The molecular weight excluding hydrogens is 344 g/mol. The van der Waals surface area contributed by atoms with Crippen molar-refractivity contribution in [2.75, 3.05) is 30.3 Å². The number of ether oxygens (including phenoxy) is 1. The number of aryl methyl sites for hydroxylation is 2. The molecule has 0 saturated carbocycles. The summed E-state index contributed by atoms with van der Waals surface area (Å²) in [5.74, 6) is -0.376. The van der Waals surface area contributed by atoms with E-state index in [0.29, 0.717) is 11.5 Å². The Morgan fingerprint density at radius 1 is 1.20 bits per heavy atom. The normalized spacial score (nSPS) is 11.0. The Kier molecular flexibility index (Phi) is 5.58. The number of carbonyl (C=O) groups excluding carboxylic acids is 1. The fraction of sp³-hybridized carbons (Fsp3) is 0.312. The summed E-state index contributed by atoms with van der Waals surface area (Å²) in [6.45, 7) is 3.03. The van der Waals surface area contributed by atoms with Crippen molar-refractivity contribution in [1.82, 2.24) is 9.97 Å². The van der Waals surface area contributed by atoms with E-state index in [4.69, 9.17) is 0 Å². The van der Waals surface area contributed by atoms with Crippen LogP contribution in [0.5, 0.6) is 0 Å². The smallest absolute Gasteiger partial charge is 0.326 e. The van der Waals surface area contributed by atoms with Crippen molar-refractivity contribution in [2.24, 2.45) is 0 Å². The minimum Gasteiger partial charge on any atom is -0.468 e. The Morgan fingerprint density at radius 3 is 2.40 bits per heavy atom. The third-order valence-electron chi connectivity index (χ3n) is 3.43. The van der Waals surface area contributed by atoms with E-state index in [0.717, 1.165) is 9.87 Å². The molecule has 1 N–H and O–H groups in total. The molecule has 2 rings (SSSR count). The minimum absolute atomic E-state index is 0.0399. The quantitative estimate of drug-likeness (QED) is 0.775. The number of methoxy groups -OCH3 is 1. The molecule has 8 nitrogen and oxygen atoms in total. The van der Waals surface area contributed by atoms with Gasteiger partial charge in [0.1, 0.15) is 12.4 Å². The monoisotopic (exact) mass is 364 g/mol. The molecule has 0 aliphatic rings. The molecule has 0 radical (unpaired) electrons. The molecule has 2 aromatic rings. The van der Waals surface area contributed by atoms with E-state index in [1.54, 1.807) is 32.2 Å². The van der Waals surface area contributed by atoms with Crippen LogP contribution in [0.25, 0.3) is 0 Å². The lowest BCUT2D eigenvalue weighted by molar-refractivity contribution is -0.138. The fourth-order valence-corrected chi connectivity index (χ4v) is 3.38. The zero-order valence-electron chi connectivity index (χ0n) is 14.5. The molecule has 0 aliphatic carbocycles. The van der Waals surface area contributed by atoms with Gasteiger partial charge in [-0.3, -0.25) is 4.79 Å². The molecule has 0 aliphatic heterocycles. The fourth-order valence-electron chi connectivity index (χ4n) is 2.07. The summed E-state index contributed by atoms with van der Waals surface area (Å²) in [5.41, 5.74) is 1.48. The Labute approximate surface area is 146 Å². The maximum absolute atomic E-state index is 13.0. The van der Waals surface area contributed by atoms with Crippen LogP contribution in [0.4, 0.5) is 11.8 Å². The van der Waals surface area contributed by atoms with Gasteiger partial charge in [0.2, 0.25) is 5.95 Å². The first-order chi connectivity index (χ1) is 11.8. The van der Waals surface area contributed by atoms with E-state index in [-0.39, 0.29) is 10.8 Å². The van der Waals surface area contributed by atoms with E-state index in [1.165, 1.54) is 19.2 Å². The van der Waals surface area contributed by atoms with Crippen molar-refractivity contribution in [3.63, 3.8) is 0 Å². The van der Waals surface area contributed by atoms with Crippen LogP contribution < -0.4 is 9.62 Å². The lowest BCUT2D eigenvalue weighted by atomic mass is 10.2. The number of rotatable bonds is 6. The van der Waals surface area contributed by atoms with Gasteiger partial charge in [-0.1, -0.05) is 17.7 Å².